The molecule has 1 saturated heterocycles. The molecule has 2 aromatic carbocycles. The highest BCUT2D eigenvalue weighted by Crippen LogP contribution is 2.33. The summed E-state index contributed by atoms with van der Waals surface area (Å²) in [6, 6.07) is 10.9. The van der Waals surface area contributed by atoms with Crippen molar-refractivity contribution in [1.82, 2.24) is 4.90 Å². The number of para-hydroxylation sites is 1. The number of nitrogens with one attached hydrogen (secondary N) is 2. The fourth-order valence-corrected chi connectivity index (χ4v) is 8.00. The number of fused-ring (bicyclic) bond motifs is 1. The van der Waals surface area contributed by atoms with Gasteiger partial charge in [-0.15, -0.1) is 0 Å². The molecule has 2 aliphatic carbocycles. The van der Waals surface area contributed by atoms with Gasteiger partial charge in [-0.1, -0.05) is 37.5 Å². The monoisotopic (exact) mass is 539 g/mol. The highest BCUT2D eigenvalue weighted by Gasteiger charge is 2.28. The normalized spacial score (nSPS) is 20.7. The molecule has 38 heavy (non-hydrogen) atoms. The molecule has 0 radical (unpaired) electrons. The Hall–Kier alpha value is -2.58. The standard InChI is InChI=1S/C30H41N3O4S/c34-30(35)29-25-13-5-4-11-23(25)16-17-27(29)32-38(36,37)28-15-7-6-14-26(28)31-19-18-24-12-8-20-33(24)21-22-9-2-1-3-10-22/h6-7,14-17,22,24,31-32H,1-5,8-13,18-21H2,(H,34,35)/t24-/m0/s1. The van der Waals surface area contributed by atoms with Gasteiger partial charge in [0.25, 0.3) is 10.0 Å². The lowest BCUT2D eigenvalue weighted by Gasteiger charge is -2.31. The fraction of sp³-hybridized carbons (Fsp3) is 0.567. The lowest BCUT2D eigenvalue weighted by atomic mass is 9.87. The highest BCUT2D eigenvalue weighted by atomic mass is 32.2. The maximum atomic E-state index is 13.5. The Morgan fingerprint density at radius 3 is 2.53 bits per heavy atom. The van der Waals surface area contributed by atoms with Crippen molar-refractivity contribution in [3.63, 3.8) is 0 Å². The van der Waals surface area contributed by atoms with Gasteiger partial charge in [0.1, 0.15) is 4.90 Å². The van der Waals surface area contributed by atoms with Gasteiger partial charge in [0.2, 0.25) is 0 Å². The number of aryl methyl sites for hydroxylation is 1. The van der Waals surface area contributed by atoms with E-state index < -0.39 is 16.0 Å². The smallest absolute Gasteiger partial charge is 0.338 e. The molecule has 1 aliphatic heterocycles. The summed E-state index contributed by atoms with van der Waals surface area (Å²) >= 11 is 0. The van der Waals surface area contributed by atoms with Crippen molar-refractivity contribution in [1.29, 1.82) is 0 Å². The van der Waals surface area contributed by atoms with Gasteiger partial charge in [0, 0.05) is 19.1 Å². The highest BCUT2D eigenvalue weighted by molar-refractivity contribution is 7.92. The Morgan fingerprint density at radius 1 is 0.921 bits per heavy atom. The number of carbonyl (C=O) groups is 1. The van der Waals surface area contributed by atoms with Crippen LogP contribution in [0.2, 0.25) is 0 Å². The van der Waals surface area contributed by atoms with E-state index in [2.05, 4.69) is 14.9 Å². The van der Waals surface area contributed by atoms with Crippen molar-refractivity contribution >= 4 is 27.4 Å². The van der Waals surface area contributed by atoms with Gasteiger partial charge < -0.3 is 15.3 Å². The van der Waals surface area contributed by atoms with E-state index in [0.29, 0.717) is 24.7 Å². The van der Waals surface area contributed by atoms with Gasteiger partial charge in [0.05, 0.1) is 16.9 Å². The average Bonchev–Trinajstić information content (AvgIpc) is 3.35. The SMILES string of the molecule is O=C(O)c1c(NS(=O)(=O)c2ccccc2NCC[C@@H]2CCCN2CC2CCCCC2)ccc2c1CCCC2. The molecule has 0 aromatic heterocycles. The minimum absolute atomic E-state index is 0.0792. The Balaban J connectivity index is 1.26. The minimum Gasteiger partial charge on any atom is -0.478 e. The van der Waals surface area contributed by atoms with Crippen molar-refractivity contribution in [2.45, 2.75) is 88.0 Å². The Morgan fingerprint density at radius 2 is 1.71 bits per heavy atom. The average molecular weight is 540 g/mol. The third-order valence-corrected chi connectivity index (χ3v) is 10.1. The van der Waals surface area contributed by atoms with Crippen LogP contribution in [0.1, 0.15) is 85.7 Å². The van der Waals surface area contributed by atoms with E-state index in [1.165, 1.54) is 58.0 Å². The van der Waals surface area contributed by atoms with Crippen molar-refractivity contribution in [3.05, 3.63) is 53.1 Å². The van der Waals surface area contributed by atoms with Crippen LogP contribution in [0, 0.1) is 5.92 Å². The largest absolute Gasteiger partial charge is 0.478 e. The molecule has 2 fully saturated rings. The maximum absolute atomic E-state index is 13.5. The van der Waals surface area contributed by atoms with Crippen molar-refractivity contribution < 1.29 is 18.3 Å². The number of benzene rings is 2. The molecule has 3 aliphatic rings. The van der Waals surface area contributed by atoms with Gasteiger partial charge in [-0.25, -0.2) is 13.2 Å². The second-order valence-electron chi connectivity index (χ2n) is 11.3. The lowest BCUT2D eigenvalue weighted by molar-refractivity contribution is 0.0696. The van der Waals surface area contributed by atoms with Gasteiger partial charge in [-0.05, 0) is 99.6 Å². The van der Waals surface area contributed by atoms with Crippen molar-refractivity contribution in [3.8, 4) is 0 Å². The number of likely N-dealkylation sites (tertiary alicyclic amines) is 1. The number of sulfonamides is 1. The number of anilines is 2. The summed E-state index contributed by atoms with van der Waals surface area (Å²) in [5, 5.41) is 13.3. The topological polar surface area (TPSA) is 98.7 Å². The molecule has 8 heteroatoms. The summed E-state index contributed by atoms with van der Waals surface area (Å²) in [6.07, 6.45) is 13.6. The molecule has 1 atom stereocenters. The van der Waals surface area contributed by atoms with E-state index in [1.54, 1.807) is 24.3 Å². The van der Waals surface area contributed by atoms with Gasteiger partial charge >= 0.3 is 5.97 Å². The second-order valence-corrected chi connectivity index (χ2v) is 12.9. The predicted octanol–water partition coefficient (Wildman–Crippen LogP) is 5.91. The molecule has 0 amide bonds. The maximum Gasteiger partial charge on any atom is 0.338 e. The lowest BCUT2D eigenvalue weighted by Crippen LogP contribution is -2.35. The first-order chi connectivity index (χ1) is 18.4. The van der Waals surface area contributed by atoms with E-state index in [-0.39, 0.29) is 16.1 Å². The van der Waals surface area contributed by atoms with Crippen molar-refractivity contribution in [2.24, 2.45) is 5.92 Å². The summed E-state index contributed by atoms with van der Waals surface area (Å²) in [5.41, 5.74) is 2.52. The van der Waals surface area contributed by atoms with Crippen LogP contribution in [-0.2, 0) is 22.9 Å². The van der Waals surface area contributed by atoms with Crippen LogP contribution >= 0.6 is 0 Å². The molecule has 0 spiro atoms. The number of aromatic carboxylic acids is 1. The molecular formula is C30H41N3O4S. The zero-order chi connectivity index (χ0) is 26.5. The third kappa shape index (κ3) is 6.18. The minimum atomic E-state index is -3.99. The molecule has 7 nitrogen and oxygen atoms in total. The number of carboxylic acid groups (broad SMARTS) is 1. The summed E-state index contributed by atoms with van der Waals surface area (Å²) in [5.74, 6) is -0.268. The van der Waals surface area contributed by atoms with Gasteiger partial charge in [-0.3, -0.25) is 4.72 Å². The molecule has 1 saturated carbocycles. The summed E-state index contributed by atoms with van der Waals surface area (Å²) in [6.45, 7) is 3.06. The molecular weight excluding hydrogens is 498 g/mol. The van der Waals surface area contributed by atoms with Crippen LogP contribution < -0.4 is 10.0 Å². The van der Waals surface area contributed by atoms with E-state index >= 15 is 0 Å². The molecule has 0 bridgehead atoms. The van der Waals surface area contributed by atoms with E-state index in [4.69, 9.17) is 0 Å². The fourth-order valence-electron chi connectivity index (χ4n) is 6.74. The number of rotatable bonds is 10. The quantitative estimate of drug-likeness (QED) is 0.347. The Bertz CT molecular complexity index is 1240. The summed E-state index contributed by atoms with van der Waals surface area (Å²) < 4.78 is 29.6. The third-order valence-electron chi connectivity index (χ3n) is 8.68. The molecule has 0 unspecified atom stereocenters. The summed E-state index contributed by atoms with van der Waals surface area (Å²) in [7, 11) is -3.99. The van der Waals surface area contributed by atoms with E-state index in [0.717, 1.165) is 42.7 Å². The van der Waals surface area contributed by atoms with Crippen LogP contribution in [0.4, 0.5) is 11.4 Å². The van der Waals surface area contributed by atoms with Crippen LogP contribution in [0.3, 0.4) is 0 Å². The first kappa shape index (κ1) is 27.0. The zero-order valence-electron chi connectivity index (χ0n) is 22.3. The molecule has 206 valence electrons. The Kier molecular flexibility index (Phi) is 8.58. The van der Waals surface area contributed by atoms with E-state index in [1.807, 2.05) is 12.1 Å². The first-order valence-corrected chi connectivity index (χ1v) is 15.9. The number of hydrogen-bond donors (Lipinski definition) is 3. The van der Waals surface area contributed by atoms with E-state index in [9.17, 15) is 18.3 Å². The van der Waals surface area contributed by atoms with Crippen molar-refractivity contribution in [2.75, 3.05) is 29.7 Å². The molecule has 5 rings (SSSR count). The van der Waals surface area contributed by atoms with Gasteiger partial charge in [-0.2, -0.15) is 0 Å². The zero-order valence-corrected chi connectivity index (χ0v) is 23.1. The van der Waals surface area contributed by atoms with Gasteiger partial charge in [0.15, 0.2) is 0 Å². The number of hydrogen-bond acceptors (Lipinski definition) is 5. The predicted molar refractivity (Wildman–Crippen MR) is 152 cm³/mol. The van der Waals surface area contributed by atoms with Crippen LogP contribution in [0.25, 0.3) is 0 Å². The Labute approximate surface area is 227 Å². The molecule has 3 N–H and O–H groups in total. The van der Waals surface area contributed by atoms with Crippen LogP contribution in [-0.4, -0.2) is 50.1 Å². The second kappa shape index (κ2) is 12.1. The number of nitrogens with zero attached hydrogens (tertiary/aromatic N) is 1. The van der Waals surface area contributed by atoms with Crippen LogP contribution in [0.15, 0.2) is 41.3 Å². The first-order valence-electron chi connectivity index (χ1n) is 14.4. The van der Waals surface area contributed by atoms with Crippen LogP contribution in [0.5, 0.6) is 0 Å². The molecule has 2 aromatic rings. The molecule has 1 heterocycles. The number of carboxylic acids is 1. The summed E-state index contributed by atoms with van der Waals surface area (Å²) in [4.78, 5) is 14.9.